The monoisotopic (exact) mass is 393 g/mol. The third kappa shape index (κ3) is 5.14. The quantitative estimate of drug-likeness (QED) is 0.347. The summed E-state index contributed by atoms with van der Waals surface area (Å²) in [6, 6.07) is 23.0. The highest BCUT2D eigenvalue weighted by Crippen LogP contribution is 2.28. The first-order valence-electron chi connectivity index (χ1n) is 8.41. The zero-order valence-electron chi connectivity index (χ0n) is 14.7. The van der Waals surface area contributed by atoms with Crippen molar-refractivity contribution in [2.24, 2.45) is 0 Å². The predicted molar refractivity (Wildman–Crippen MR) is 112 cm³/mol. The molecule has 3 rings (SSSR count). The summed E-state index contributed by atoms with van der Waals surface area (Å²) in [5.41, 5.74) is 4.26. The molecule has 3 aromatic carbocycles. The van der Waals surface area contributed by atoms with E-state index in [2.05, 4.69) is 6.07 Å². The number of aryl methyl sites for hydroxylation is 1. The molecule has 0 amide bonds. The van der Waals surface area contributed by atoms with Gasteiger partial charge in [0, 0.05) is 15.6 Å². The molecule has 0 radical (unpaired) electrons. The van der Waals surface area contributed by atoms with Gasteiger partial charge in [-0.15, -0.1) is 0 Å². The molecule has 134 valence electrons. The Kier molecular flexibility index (Phi) is 6.19. The van der Waals surface area contributed by atoms with Crippen LogP contribution in [0.5, 0.6) is 5.75 Å². The lowest BCUT2D eigenvalue weighted by Crippen LogP contribution is -1.97. The summed E-state index contributed by atoms with van der Waals surface area (Å²) < 4.78 is 5.96. The molecule has 0 spiro atoms. The van der Waals surface area contributed by atoms with Crippen LogP contribution in [0.4, 0.5) is 0 Å². The molecule has 0 atom stereocenters. The Balaban J connectivity index is 1.91. The average molecular weight is 394 g/mol. The zero-order valence-corrected chi connectivity index (χ0v) is 16.3. The van der Waals surface area contributed by atoms with E-state index in [0.717, 1.165) is 22.3 Å². The van der Waals surface area contributed by atoms with E-state index in [4.69, 9.17) is 27.9 Å². The number of ether oxygens (including phenoxy) is 1. The lowest BCUT2D eigenvalue weighted by molar-refractivity contribution is 0.305. The molecule has 0 aliphatic rings. The first-order chi connectivity index (χ1) is 13.0. The fourth-order valence-electron chi connectivity index (χ4n) is 2.62. The summed E-state index contributed by atoms with van der Waals surface area (Å²) in [5.74, 6) is 0.652. The first kappa shape index (κ1) is 19.0. The van der Waals surface area contributed by atoms with Crippen LogP contribution in [0.15, 0.2) is 66.7 Å². The van der Waals surface area contributed by atoms with Crippen LogP contribution < -0.4 is 4.74 Å². The maximum absolute atomic E-state index is 9.60. The summed E-state index contributed by atoms with van der Waals surface area (Å²) in [5, 5.41) is 10.8. The summed E-state index contributed by atoms with van der Waals surface area (Å²) in [6.07, 6.45) is 1.80. The van der Waals surface area contributed by atoms with Crippen LogP contribution in [0.3, 0.4) is 0 Å². The molecule has 0 unspecified atom stereocenters. The zero-order chi connectivity index (χ0) is 19.2. The first-order valence-corrected chi connectivity index (χ1v) is 9.16. The van der Waals surface area contributed by atoms with E-state index >= 15 is 0 Å². The van der Waals surface area contributed by atoms with E-state index in [1.165, 1.54) is 0 Å². The number of hydrogen-bond acceptors (Lipinski definition) is 2. The maximum atomic E-state index is 9.60. The highest BCUT2D eigenvalue weighted by atomic mass is 35.5. The van der Waals surface area contributed by atoms with Gasteiger partial charge in [-0.2, -0.15) is 5.26 Å². The molecule has 0 heterocycles. The Labute approximate surface area is 169 Å². The van der Waals surface area contributed by atoms with Gasteiger partial charge in [-0.05, 0) is 54.5 Å². The number of nitriles is 1. The summed E-state index contributed by atoms with van der Waals surface area (Å²) in [7, 11) is 0. The standard InChI is InChI=1S/C23H17Cl2NO/c1-16-5-7-18(8-6-16)20(14-26)12-19-13-22(25)9-10-23(19)27-15-17-3-2-4-21(24)11-17/h2-13H,15H2,1H3/b20-12+. The van der Waals surface area contributed by atoms with Crippen LogP contribution in [0, 0.1) is 18.3 Å². The molecule has 27 heavy (non-hydrogen) atoms. The van der Waals surface area contributed by atoms with Gasteiger partial charge in [-0.25, -0.2) is 0 Å². The van der Waals surface area contributed by atoms with E-state index in [-0.39, 0.29) is 0 Å². The van der Waals surface area contributed by atoms with E-state index in [0.29, 0.717) is 28.0 Å². The van der Waals surface area contributed by atoms with E-state index < -0.39 is 0 Å². The van der Waals surface area contributed by atoms with Crippen LogP contribution in [-0.2, 0) is 6.61 Å². The van der Waals surface area contributed by atoms with Gasteiger partial charge in [-0.1, -0.05) is 65.2 Å². The van der Waals surface area contributed by atoms with Crippen molar-refractivity contribution in [3.63, 3.8) is 0 Å². The van der Waals surface area contributed by atoms with Gasteiger partial charge in [0.05, 0.1) is 11.6 Å². The summed E-state index contributed by atoms with van der Waals surface area (Å²) in [4.78, 5) is 0. The second-order valence-electron chi connectivity index (χ2n) is 6.14. The largest absolute Gasteiger partial charge is 0.488 e. The van der Waals surface area contributed by atoms with Crippen molar-refractivity contribution in [2.45, 2.75) is 13.5 Å². The van der Waals surface area contributed by atoms with E-state index in [1.54, 1.807) is 18.2 Å². The number of benzene rings is 3. The molecule has 0 aliphatic heterocycles. The minimum absolute atomic E-state index is 0.370. The molecule has 0 fully saturated rings. The second kappa shape index (κ2) is 8.77. The normalized spacial score (nSPS) is 11.1. The van der Waals surface area contributed by atoms with Gasteiger partial charge < -0.3 is 4.74 Å². The van der Waals surface area contributed by atoms with Gasteiger partial charge in [0.25, 0.3) is 0 Å². The highest BCUT2D eigenvalue weighted by Gasteiger charge is 2.07. The van der Waals surface area contributed by atoms with Gasteiger partial charge in [-0.3, -0.25) is 0 Å². The summed E-state index contributed by atoms with van der Waals surface area (Å²) >= 11 is 12.2. The fourth-order valence-corrected chi connectivity index (χ4v) is 3.01. The molecule has 0 N–H and O–H groups in total. The van der Waals surface area contributed by atoms with Crippen molar-refractivity contribution >= 4 is 34.9 Å². The molecule has 4 heteroatoms. The number of hydrogen-bond donors (Lipinski definition) is 0. The molecular weight excluding hydrogens is 377 g/mol. The second-order valence-corrected chi connectivity index (χ2v) is 7.01. The lowest BCUT2D eigenvalue weighted by atomic mass is 10.0. The van der Waals surface area contributed by atoms with E-state index in [9.17, 15) is 5.26 Å². The Morgan fingerprint density at radius 2 is 1.74 bits per heavy atom. The molecule has 0 saturated carbocycles. The Morgan fingerprint density at radius 1 is 1.00 bits per heavy atom. The van der Waals surface area contributed by atoms with Gasteiger partial charge >= 0.3 is 0 Å². The van der Waals surface area contributed by atoms with Crippen LogP contribution in [0.1, 0.15) is 22.3 Å². The fraction of sp³-hybridized carbons (Fsp3) is 0.0870. The maximum Gasteiger partial charge on any atom is 0.127 e. The third-order valence-electron chi connectivity index (χ3n) is 4.04. The van der Waals surface area contributed by atoms with Crippen molar-refractivity contribution in [1.29, 1.82) is 5.26 Å². The van der Waals surface area contributed by atoms with Gasteiger partial charge in [0.1, 0.15) is 12.4 Å². The van der Waals surface area contributed by atoms with Gasteiger partial charge in [0.2, 0.25) is 0 Å². The van der Waals surface area contributed by atoms with Crippen molar-refractivity contribution in [3.05, 3.63) is 99.0 Å². The molecule has 0 aromatic heterocycles. The Morgan fingerprint density at radius 3 is 2.44 bits per heavy atom. The van der Waals surface area contributed by atoms with Crippen LogP contribution >= 0.6 is 23.2 Å². The van der Waals surface area contributed by atoms with E-state index in [1.807, 2.05) is 61.5 Å². The molecule has 2 nitrogen and oxygen atoms in total. The predicted octanol–water partition coefficient (Wildman–Crippen LogP) is 6.95. The average Bonchev–Trinajstić information content (AvgIpc) is 2.66. The topological polar surface area (TPSA) is 33.0 Å². The van der Waals surface area contributed by atoms with Gasteiger partial charge in [0.15, 0.2) is 0 Å². The molecule has 3 aromatic rings. The Hall–Kier alpha value is -2.73. The molecular formula is C23H17Cl2NO. The van der Waals surface area contributed by atoms with Crippen LogP contribution in [0.25, 0.3) is 11.6 Å². The number of allylic oxidation sites excluding steroid dienone is 1. The number of nitrogens with zero attached hydrogens (tertiary/aromatic N) is 1. The summed E-state index contributed by atoms with van der Waals surface area (Å²) in [6.45, 7) is 2.38. The minimum atomic E-state index is 0.370. The molecule has 0 aliphatic carbocycles. The van der Waals surface area contributed by atoms with Crippen molar-refractivity contribution in [3.8, 4) is 11.8 Å². The lowest BCUT2D eigenvalue weighted by Gasteiger charge is -2.11. The van der Waals surface area contributed by atoms with Crippen LogP contribution in [0.2, 0.25) is 10.0 Å². The third-order valence-corrected chi connectivity index (χ3v) is 4.51. The Bertz CT molecular complexity index is 1020. The molecule has 0 saturated heterocycles. The van der Waals surface area contributed by atoms with Crippen molar-refractivity contribution in [1.82, 2.24) is 0 Å². The number of halogens is 2. The molecule has 0 bridgehead atoms. The van der Waals surface area contributed by atoms with Crippen molar-refractivity contribution in [2.75, 3.05) is 0 Å². The SMILES string of the molecule is Cc1ccc(/C(C#N)=C/c2cc(Cl)ccc2OCc2cccc(Cl)c2)cc1. The number of rotatable bonds is 5. The smallest absolute Gasteiger partial charge is 0.127 e. The van der Waals surface area contributed by atoms with Crippen LogP contribution in [-0.4, -0.2) is 0 Å². The highest BCUT2D eigenvalue weighted by molar-refractivity contribution is 6.31. The van der Waals surface area contributed by atoms with Crippen molar-refractivity contribution < 1.29 is 4.74 Å². The minimum Gasteiger partial charge on any atom is -0.488 e.